The molecule has 1 aromatic heterocycles. The molecule has 0 aliphatic heterocycles. The SMILES string of the molecule is COc1ccccc1CNc1cnnc(Nc2cccc(NC(C)=O)c2)n1. The number of methoxy groups -OCH3 is 1. The average molecular weight is 364 g/mol. The summed E-state index contributed by atoms with van der Waals surface area (Å²) in [6.07, 6.45) is 1.55. The molecular weight excluding hydrogens is 344 g/mol. The number of nitrogens with one attached hydrogen (secondary N) is 3. The van der Waals surface area contributed by atoms with Gasteiger partial charge in [0.1, 0.15) is 5.75 Å². The number of amides is 1. The molecule has 0 unspecified atom stereocenters. The van der Waals surface area contributed by atoms with E-state index in [0.717, 1.165) is 17.0 Å². The van der Waals surface area contributed by atoms with Crippen LogP contribution < -0.4 is 20.7 Å². The van der Waals surface area contributed by atoms with Crippen molar-refractivity contribution in [3.8, 4) is 5.75 Å². The molecule has 3 rings (SSSR count). The van der Waals surface area contributed by atoms with Crippen LogP contribution in [0.3, 0.4) is 0 Å². The molecule has 0 bridgehead atoms. The summed E-state index contributed by atoms with van der Waals surface area (Å²) < 4.78 is 5.34. The predicted octanol–water partition coefficient (Wildman–Crippen LogP) is 3.19. The molecule has 3 aromatic rings. The molecule has 138 valence electrons. The van der Waals surface area contributed by atoms with Gasteiger partial charge < -0.3 is 20.7 Å². The Labute approximate surface area is 157 Å². The number of ether oxygens (including phenoxy) is 1. The first-order valence-corrected chi connectivity index (χ1v) is 8.34. The van der Waals surface area contributed by atoms with Crippen molar-refractivity contribution in [2.24, 2.45) is 0 Å². The Morgan fingerprint density at radius 2 is 1.93 bits per heavy atom. The van der Waals surface area contributed by atoms with Crippen LogP contribution in [0.2, 0.25) is 0 Å². The number of anilines is 4. The van der Waals surface area contributed by atoms with Gasteiger partial charge in [0.25, 0.3) is 0 Å². The molecule has 1 amide bonds. The summed E-state index contributed by atoms with van der Waals surface area (Å²) in [6, 6.07) is 15.0. The molecule has 1 heterocycles. The van der Waals surface area contributed by atoms with Crippen LogP contribution >= 0.6 is 0 Å². The van der Waals surface area contributed by atoms with Gasteiger partial charge in [0, 0.05) is 30.4 Å². The van der Waals surface area contributed by atoms with Gasteiger partial charge in [-0.2, -0.15) is 10.1 Å². The van der Waals surface area contributed by atoms with Crippen molar-refractivity contribution in [2.75, 3.05) is 23.1 Å². The highest BCUT2D eigenvalue weighted by Crippen LogP contribution is 2.20. The van der Waals surface area contributed by atoms with Crippen molar-refractivity contribution in [1.82, 2.24) is 15.2 Å². The lowest BCUT2D eigenvalue weighted by atomic mass is 10.2. The zero-order valence-corrected chi connectivity index (χ0v) is 15.1. The largest absolute Gasteiger partial charge is 0.496 e. The summed E-state index contributed by atoms with van der Waals surface area (Å²) in [5.41, 5.74) is 2.44. The quantitative estimate of drug-likeness (QED) is 0.592. The summed E-state index contributed by atoms with van der Waals surface area (Å²) in [4.78, 5) is 15.6. The van der Waals surface area contributed by atoms with E-state index < -0.39 is 0 Å². The molecule has 3 N–H and O–H groups in total. The Bertz CT molecular complexity index is 931. The van der Waals surface area contributed by atoms with Gasteiger partial charge in [0.05, 0.1) is 13.3 Å². The average Bonchev–Trinajstić information content (AvgIpc) is 2.66. The summed E-state index contributed by atoms with van der Waals surface area (Å²) in [7, 11) is 1.64. The second-order valence-electron chi connectivity index (χ2n) is 5.72. The lowest BCUT2D eigenvalue weighted by molar-refractivity contribution is -0.114. The molecule has 0 spiro atoms. The zero-order chi connectivity index (χ0) is 19.1. The maximum Gasteiger partial charge on any atom is 0.249 e. The Balaban J connectivity index is 1.68. The third-order valence-electron chi connectivity index (χ3n) is 3.65. The van der Waals surface area contributed by atoms with E-state index in [-0.39, 0.29) is 5.91 Å². The Hall–Kier alpha value is -3.68. The molecule has 0 fully saturated rings. The first-order chi connectivity index (χ1) is 13.1. The maximum absolute atomic E-state index is 11.2. The van der Waals surface area contributed by atoms with Gasteiger partial charge in [-0.3, -0.25) is 4.79 Å². The minimum absolute atomic E-state index is 0.132. The van der Waals surface area contributed by atoms with E-state index in [1.54, 1.807) is 25.4 Å². The van der Waals surface area contributed by atoms with Gasteiger partial charge in [-0.05, 0) is 24.3 Å². The number of benzene rings is 2. The molecular formula is C19H20N6O2. The summed E-state index contributed by atoms with van der Waals surface area (Å²) >= 11 is 0. The van der Waals surface area contributed by atoms with Crippen LogP contribution in [0.5, 0.6) is 5.75 Å². The molecule has 0 saturated heterocycles. The van der Waals surface area contributed by atoms with E-state index in [1.807, 2.05) is 36.4 Å². The number of rotatable bonds is 7. The fraction of sp³-hybridized carbons (Fsp3) is 0.158. The Kier molecular flexibility index (Phi) is 5.78. The van der Waals surface area contributed by atoms with E-state index in [0.29, 0.717) is 24.0 Å². The van der Waals surface area contributed by atoms with Crippen LogP contribution in [0.4, 0.5) is 23.1 Å². The van der Waals surface area contributed by atoms with E-state index in [1.165, 1.54) is 6.92 Å². The second-order valence-corrected chi connectivity index (χ2v) is 5.72. The topological polar surface area (TPSA) is 101 Å². The van der Waals surface area contributed by atoms with Crippen LogP contribution in [0.15, 0.2) is 54.7 Å². The molecule has 0 radical (unpaired) electrons. The van der Waals surface area contributed by atoms with Crippen LogP contribution in [0.25, 0.3) is 0 Å². The first-order valence-electron chi connectivity index (χ1n) is 8.34. The normalized spacial score (nSPS) is 10.1. The van der Waals surface area contributed by atoms with Crippen molar-refractivity contribution < 1.29 is 9.53 Å². The Morgan fingerprint density at radius 3 is 2.74 bits per heavy atom. The number of hydrogen-bond acceptors (Lipinski definition) is 7. The van der Waals surface area contributed by atoms with Crippen molar-refractivity contribution >= 4 is 29.0 Å². The first kappa shape index (κ1) is 18.1. The summed E-state index contributed by atoms with van der Waals surface area (Å²) in [6.45, 7) is 2.00. The molecule has 8 heteroatoms. The summed E-state index contributed by atoms with van der Waals surface area (Å²) in [5.74, 6) is 1.60. The van der Waals surface area contributed by atoms with Crippen molar-refractivity contribution in [3.05, 3.63) is 60.3 Å². The van der Waals surface area contributed by atoms with E-state index in [9.17, 15) is 4.79 Å². The zero-order valence-electron chi connectivity index (χ0n) is 15.1. The second kappa shape index (κ2) is 8.61. The lowest BCUT2D eigenvalue weighted by Gasteiger charge is -2.11. The smallest absolute Gasteiger partial charge is 0.249 e. The number of hydrogen-bond donors (Lipinski definition) is 3. The van der Waals surface area contributed by atoms with E-state index >= 15 is 0 Å². The highest BCUT2D eigenvalue weighted by Gasteiger charge is 2.05. The van der Waals surface area contributed by atoms with Gasteiger partial charge >= 0.3 is 0 Å². The molecule has 0 saturated carbocycles. The number of para-hydroxylation sites is 1. The van der Waals surface area contributed by atoms with Crippen LogP contribution in [-0.4, -0.2) is 28.2 Å². The minimum Gasteiger partial charge on any atom is -0.496 e. The number of carbonyl (C=O) groups is 1. The molecule has 0 aliphatic rings. The van der Waals surface area contributed by atoms with Crippen molar-refractivity contribution in [1.29, 1.82) is 0 Å². The highest BCUT2D eigenvalue weighted by molar-refractivity contribution is 5.89. The van der Waals surface area contributed by atoms with Gasteiger partial charge in [-0.25, -0.2) is 0 Å². The maximum atomic E-state index is 11.2. The van der Waals surface area contributed by atoms with Gasteiger partial charge in [-0.15, -0.1) is 5.10 Å². The fourth-order valence-corrected chi connectivity index (χ4v) is 2.48. The van der Waals surface area contributed by atoms with Crippen molar-refractivity contribution in [2.45, 2.75) is 13.5 Å². The number of carbonyl (C=O) groups excluding carboxylic acids is 1. The third-order valence-corrected chi connectivity index (χ3v) is 3.65. The van der Waals surface area contributed by atoms with Crippen LogP contribution in [-0.2, 0) is 11.3 Å². The van der Waals surface area contributed by atoms with Crippen LogP contribution in [0, 0.1) is 0 Å². The molecule has 27 heavy (non-hydrogen) atoms. The minimum atomic E-state index is -0.132. The lowest BCUT2D eigenvalue weighted by Crippen LogP contribution is -2.07. The molecule has 2 aromatic carbocycles. The van der Waals surface area contributed by atoms with Gasteiger partial charge in [0.15, 0.2) is 5.82 Å². The molecule has 8 nitrogen and oxygen atoms in total. The number of nitrogens with zero attached hydrogens (tertiary/aromatic N) is 3. The number of aromatic nitrogens is 3. The van der Waals surface area contributed by atoms with Gasteiger partial charge in [0.2, 0.25) is 11.9 Å². The van der Waals surface area contributed by atoms with Crippen molar-refractivity contribution in [3.63, 3.8) is 0 Å². The van der Waals surface area contributed by atoms with Gasteiger partial charge in [-0.1, -0.05) is 24.3 Å². The fourth-order valence-electron chi connectivity index (χ4n) is 2.48. The predicted molar refractivity (Wildman–Crippen MR) is 104 cm³/mol. The van der Waals surface area contributed by atoms with E-state index in [4.69, 9.17) is 4.74 Å². The van der Waals surface area contributed by atoms with E-state index in [2.05, 4.69) is 31.1 Å². The van der Waals surface area contributed by atoms with Crippen LogP contribution in [0.1, 0.15) is 12.5 Å². The summed E-state index contributed by atoms with van der Waals surface area (Å²) in [5, 5.41) is 17.0. The third kappa shape index (κ3) is 5.15. The highest BCUT2D eigenvalue weighted by atomic mass is 16.5. The monoisotopic (exact) mass is 364 g/mol. The Morgan fingerprint density at radius 1 is 1.11 bits per heavy atom. The standard InChI is InChI=1S/C19H20N6O2/c1-13(26)22-15-7-5-8-16(10-15)23-19-24-18(12-21-25-19)20-11-14-6-3-4-9-17(14)27-2/h3-10,12H,11H2,1-2H3,(H,22,26)(H2,20,23,24,25). The molecule has 0 atom stereocenters. The molecule has 0 aliphatic carbocycles.